The van der Waals surface area contributed by atoms with Gasteiger partial charge in [0.2, 0.25) is 5.95 Å². The molecule has 0 amide bonds. The highest BCUT2D eigenvalue weighted by atomic mass is 15.2. The van der Waals surface area contributed by atoms with Crippen LogP contribution in [0.2, 0.25) is 0 Å². The fourth-order valence-electron chi connectivity index (χ4n) is 3.06. The Hall–Kier alpha value is -1.36. The lowest BCUT2D eigenvalue weighted by Gasteiger charge is -2.17. The van der Waals surface area contributed by atoms with Crippen LogP contribution in [0, 0.1) is 5.92 Å². The summed E-state index contributed by atoms with van der Waals surface area (Å²) < 4.78 is 0. The van der Waals surface area contributed by atoms with E-state index in [1.54, 1.807) is 0 Å². The predicted molar refractivity (Wildman–Crippen MR) is 77.3 cm³/mol. The van der Waals surface area contributed by atoms with E-state index in [0.717, 1.165) is 43.7 Å². The Morgan fingerprint density at radius 1 is 1.32 bits per heavy atom. The third-order valence-electron chi connectivity index (χ3n) is 4.21. The molecule has 3 N–H and O–H groups in total. The number of hydrogen-bond donors (Lipinski definition) is 2. The van der Waals surface area contributed by atoms with Gasteiger partial charge in [0.25, 0.3) is 0 Å². The summed E-state index contributed by atoms with van der Waals surface area (Å²) in [5.74, 6) is 2.55. The van der Waals surface area contributed by atoms with E-state index in [-0.39, 0.29) is 6.04 Å². The average Bonchev–Trinajstić information content (AvgIpc) is 3.08. The molecule has 19 heavy (non-hydrogen) atoms. The topological polar surface area (TPSA) is 67.1 Å². The maximum atomic E-state index is 5.94. The van der Waals surface area contributed by atoms with Gasteiger partial charge in [0.1, 0.15) is 5.82 Å². The van der Waals surface area contributed by atoms with Crippen LogP contribution in [0.15, 0.2) is 12.3 Å². The molecular formula is C14H23N5. The van der Waals surface area contributed by atoms with E-state index in [1.165, 1.54) is 25.7 Å². The van der Waals surface area contributed by atoms with Gasteiger partial charge in [-0.25, -0.2) is 4.98 Å². The molecule has 1 aromatic heterocycles. The highest BCUT2D eigenvalue weighted by Gasteiger charge is 2.20. The van der Waals surface area contributed by atoms with Crippen LogP contribution in [0.1, 0.15) is 32.1 Å². The molecule has 104 valence electrons. The Kier molecular flexibility index (Phi) is 3.82. The molecule has 1 saturated carbocycles. The molecule has 1 atom stereocenters. The van der Waals surface area contributed by atoms with Crippen molar-refractivity contribution in [3.8, 4) is 0 Å². The summed E-state index contributed by atoms with van der Waals surface area (Å²) in [7, 11) is 0. The smallest absolute Gasteiger partial charge is 0.224 e. The second-order valence-electron chi connectivity index (χ2n) is 5.76. The minimum absolute atomic E-state index is 0.282. The first kappa shape index (κ1) is 12.7. The van der Waals surface area contributed by atoms with E-state index < -0.39 is 0 Å². The molecule has 5 heteroatoms. The summed E-state index contributed by atoms with van der Waals surface area (Å²) >= 11 is 0. The van der Waals surface area contributed by atoms with Crippen molar-refractivity contribution in [1.82, 2.24) is 9.97 Å². The molecule has 2 aliphatic rings. The van der Waals surface area contributed by atoms with Crippen molar-refractivity contribution in [2.75, 3.05) is 29.9 Å². The van der Waals surface area contributed by atoms with Crippen LogP contribution in [0.25, 0.3) is 0 Å². The molecule has 0 bridgehead atoms. The van der Waals surface area contributed by atoms with Crippen molar-refractivity contribution in [3.63, 3.8) is 0 Å². The number of rotatable bonds is 4. The van der Waals surface area contributed by atoms with Crippen LogP contribution >= 0.6 is 0 Å². The largest absolute Gasteiger partial charge is 0.355 e. The van der Waals surface area contributed by atoms with Gasteiger partial charge in [0.15, 0.2) is 0 Å². The lowest BCUT2D eigenvalue weighted by Crippen LogP contribution is -2.27. The zero-order valence-electron chi connectivity index (χ0n) is 11.4. The van der Waals surface area contributed by atoms with Crippen molar-refractivity contribution >= 4 is 11.8 Å². The number of nitrogens with one attached hydrogen (secondary N) is 1. The first-order valence-corrected chi connectivity index (χ1v) is 7.39. The zero-order valence-corrected chi connectivity index (χ0v) is 11.4. The predicted octanol–water partition coefficient (Wildman–Crippen LogP) is 1.62. The molecule has 0 radical (unpaired) electrons. The van der Waals surface area contributed by atoms with Crippen molar-refractivity contribution < 1.29 is 0 Å². The third kappa shape index (κ3) is 3.15. The van der Waals surface area contributed by atoms with Gasteiger partial charge in [-0.1, -0.05) is 12.8 Å². The van der Waals surface area contributed by atoms with Gasteiger partial charge < -0.3 is 16.0 Å². The Labute approximate surface area is 114 Å². The molecule has 2 heterocycles. The Balaban J connectivity index is 1.59. The number of nitrogens with two attached hydrogens (primary N) is 1. The molecular weight excluding hydrogens is 238 g/mol. The first-order chi connectivity index (χ1) is 9.31. The van der Waals surface area contributed by atoms with Crippen molar-refractivity contribution in [3.05, 3.63) is 12.3 Å². The zero-order chi connectivity index (χ0) is 13.1. The third-order valence-corrected chi connectivity index (χ3v) is 4.21. The minimum atomic E-state index is 0.282. The van der Waals surface area contributed by atoms with Crippen molar-refractivity contribution in [2.24, 2.45) is 11.7 Å². The van der Waals surface area contributed by atoms with Crippen LogP contribution in [0.4, 0.5) is 11.8 Å². The summed E-state index contributed by atoms with van der Waals surface area (Å²) in [4.78, 5) is 11.2. The number of nitrogens with zero attached hydrogens (tertiary/aromatic N) is 3. The highest BCUT2D eigenvalue weighted by molar-refractivity contribution is 5.43. The molecule has 0 aromatic carbocycles. The fourth-order valence-corrected chi connectivity index (χ4v) is 3.06. The van der Waals surface area contributed by atoms with Gasteiger partial charge in [-0.05, 0) is 31.2 Å². The van der Waals surface area contributed by atoms with E-state index in [9.17, 15) is 0 Å². The molecule has 1 aromatic rings. The summed E-state index contributed by atoms with van der Waals surface area (Å²) in [6.07, 6.45) is 8.32. The van der Waals surface area contributed by atoms with Gasteiger partial charge in [-0.2, -0.15) is 4.98 Å². The maximum absolute atomic E-state index is 5.94. The Morgan fingerprint density at radius 2 is 2.16 bits per heavy atom. The molecule has 3 rings (SSSR count). The van der Waals surface area contributed by atoms with Crippen LogP contribution < -0.4 is 16.0 Å². The highest BCUT2D eigenvalue weighted by Crippen LogP contribution is 2.25. The van der Waals surface area contributed by atoms with E-state index in [2.05, 4.69) is 20.2 Å². The van der Waals surface area contributed by atoms with Crippen LogP contribution in [-0.4, -0.2) is 35.6 Å². The quantitative estimate of drug-likeness (QED) is 0.862. The van der Waals surface area contributed by atoms with E-state index >= 15 is 0 Å². The SMILES string of the molecule is N[C@@H]1CCN(c2ccnc(NCC3CCCC3)n2)C1. The normalized spacial score (nSPS) is 24.1. The number of hydrogen-bond acceptors (Lipinski definition) is 5. The lowest BCUT2D eigenvalue weighted by atomic mass is 10.1. The van der Waals surface area contributed by atoms with E-state index in [0.29, 0.717) is 0 Å². The molecule has 1 saturated heterocycles. The summed E-state index contributed by atoms with van der Waals surface area (Å²) in [6.45, 7) is 2.91. The van der Waals surface area contributed by atoms with Gasteiger partial charge in [-0.15, -0.1) is 0 Å². The maximum Gasteiger partial charge on any atom is 0.224 e. The summed E-state index contributed by atoms with van der Waals surface area (Å²) in [5.41, 5.74) is 5.94. The second-order valence-corrected chi connectivity index (χ2v) is 5.76. The molecule has 2 fully saturated rings. The second kappa shape index (κ2) is 5.74. The van der Waals surface area contributed by atoms with Gasteiger partial charge in [-0.3, -0.25) is 0 Å². The molecule has 1 aliphatic carbocycles. The Morgan fingerprint density at radius 3 is 2.89 bits per heavy atom. The molecule has 5 nitrogen and oxygen atoms in total. The van der Waals surface area contributed by atoms with Gasteiger partial charge >= 0.3 is 0 Å². The number of aromatic nitrogens is 2. The monoisotopic (exact) mass is 261 g/mol. The van der Waals surface area contributed by atoms with Crippen LogP contribution in [0.3, 0.4) is 0 Å². The fraction of sp³-hybridized carbons (Fsp3) is 0.714. The average molecular weight is 261 g/mol. The van der Waals surface area contributed by atoms with E-state index in [4.69, 9.17) is 5.73 Å². The Bertz CT molecular complexity index is 416. The van der Waals surface area contributed by atoms with Gasteiger partial charge in [0.05, 0.1) is 0 Å². The van der Waals surface area contributed by atoms with E-state index in [1.807, 2.05) is 12.3 Å². The standard InChI is InChI=1S/C14H23N5/c15-12-6-8-19(10-12)13-5-7-16-14(18-13)17-9-11-3-1-2-4-11/h5,7,11-12H,1-4,6,8-10,15H2,(H,16,17,18)/t12-/m1/s1. The minimum Gasteiger partial charge on any atom is -0.355 e. The lowest BCUT2D eigenvalue weighted by molar-refractivity contribution is 0.577. The van der Waals surface area contributed by atoms with Crippen LogP contribution in [0.5, 0.6) is 0 Å². The number of anilines is 2. The summed E-state index contributed by atoms with van der Waals surface area (Å²) in [5, 5.41) is 3.38. The molecule has 1 aliphatic heterocycles. The first-order valence-electron chi connectivity index (χ1n) is 7.39. The van der Waals surface area contributed by atoms with Crippen molar-refractivity contribution in [2.45, 2.75) is 38.1 Å². The van der Waals surface area contributed by atoms with Gasteiger partial charge in [0, 0.05) is 31.9 Å². The van der Waals surface area contributed by atoms with Crippen LogP contribution in [-0.2, 0) is 0 Å². The molecule has 0 unspecified atom stereocenters. The summed E-state index contributed by atoms with van der Waals surface area (Å²) in [6, 6.07) is 2.25. The molecule has 0 spiro atoms. The van der Waals surface area contributed by atoms with Crippen molar-refractivity contribution in [1.29, 1.82) is 0 Å².